The Balaban J connectivity index is 1.73. The lowest BCUT2D eigenvalue weighted by Crippen LogP contribution is -2.40. The fourth-order valence-electron chi connectivity index (χ4n) is 3.25. The smallest absolute Gasteiger partial charge is 0.430 e. The minimum atomic E-state index is -4.98. The third-order valence-corrected chi connectivity index (χ3v) is 4.63. The van der Waals surface area contributed by atoms with E-state index in [1.165, 1.54) is 30.3 Å². The first-order valence-electron chi connectivity index (χ1n) is 8.90. The fourth-order valence-corrected chi connectivity index (χ4v) is 3.25. The number of aliphatic carboxylic acids is 1. The van der Waals surface area contributed by atoms with E-state index in [1.807, 2.05) is 0 Å². The van der Waals surface area contributed by atoms with Gasteiger partial charge in [0.05, 0.1) is 16.7 Å². The van der Waals surface area contributed by atoms with Gasteiger partial charge in [-0.1, -0.05) is 6.07 Å². The molecular formula is C21H11F6NO4. The van der Waals surface area contributed by atoms with E-state index in [2.05, 4.69) is 4.98 Å². The zero-order chi connectivity index (χ0) is 23.3. The zero-order valence-corrected chi connectivity index (χ0v) is 15.7. The summed E-state index contributed by atoms with van der Waals surface area (Å²) in [6, 6.07) is 8.43. The summed E-state index contributed by atoms with van der Waals surface area (Å²) in [7, 11) is 0. The lowest BCUT2D eigenvalue weighted by Gasteiger charge is -2.27. The highest BCUT2D eigenvalue weighted by Gasteiger charge is 2.48. The van der Waals surface area contributed by atoms with Crippen LogP contribution >= 0.6 is 0 Å². The van der Waals surface area contributed by atoms with E-state index in [0.29, 0.717) is 0 Å². The third-order valence-electron chi connectivity index (χ3n) is 4.63. The van der Waals surface area contributed by atoms with Gasteiger partial charge in [0.1, 0.15) is 17.2 Å². The number of carbonyl (C=O) groups is 1. The van der Waals surface area contributed by atoms with Crippen molar-refractivity contribution < 1.29 is 45.7 Å². The molecule has 1 unspecified atom stereocenters. The van der Waals surface area contributed by atoms with Gasteiger partial charge in [0.2, 0.25) is 6.10 Å². The quantitative estimate of drug-likeness (QED) is 0.503. The van der Waals surface area contributed by atoms with Crippen LogP contribution in [-0.2, 0) is 11.0 Å². The predicted octanol–water partition coefficient (Wildman–Crippen LogP) is 5.84. The van der Waals surface area contributed by atoms with Crippen LogP contribution in [0.15, 0.2) is 54.2 Å². The SMILES string of the molecule is O=C(O)C1=Cc2ccc(Oc3ccnc4c(C(F)(F)F)cccc34)cc2OC1C(F)(F)F. The molecule has 0 radical (unpaired) electrons. The number of benzene rings is 2. The van der Waals surface area contributed by atoms with E-state index in [-0.39, 0.29) is 33.7 Å². The van der Waals surface area contributed by atoms with Crippen LogP contribution in [0.3, 0.4) is 0 Å². The average molecular weight is 455 g/mol. The maximum atomic E-state index is 13.2. The molecular weight excluding hydrogens is 444 g/mol. The molecule has 4 rings (SSSR count). The van der Waals surface area contributed by atoms with Gasteiger partial charge < -0.3 is 14.6 Å². The Morgan fingerprint density at radius 2 is 1.81 bits per heavy atom. The van der Waals surface area contributed by atoms with Gasteiger partial charge in [-0.05, 0) is 36.4 Å². The molecule has 1 atom stereocenters. The Bertz CT molecular complexity index is 1250. The molecule has 2 aromatic carbocycles. The second kappa shape index (κ2) is 7.43. The van der Waals surface area contributed by atoms with Crippen molar-refractivity contribution in [1.29, 1.82) is 0 Å². The lowest BCUT2D eigenvalue weighted by molar-refractivity contribution is -0.187. The van der Waals surface area contributed by atoms with E-state index >= 15 is 0 Å². The van der Waals surface area contributed by atoms with Crippen molar-refractivity contribution in [3.05, 3.63) is 65.4 Å². The fraction of sp³-hybridized carbons (Fsp3) is 0.143. The molecule has 166 valence electrons. The van der Waals surface area contributed by atoms with Crippen LogP contribution in [0, 0.1) is 0 Å². The highest BCUT2D eigenvalue weighted by atomic mass is 19.4. The van der Waals surface area contributed by atoms with E-state index in [1.54, 1.807) is 0 Å². The third kappa shape index (κ3) is 3.93. The second-order valence-corrected chi connectivity index (χ2v) is 6.75. The molecule has 11 heteroatoms. The first kappa shape index (κ1) is 21.5. The number of aromatic nitrogens is 1. The maximum absolute atomic E-state index is 13.2. The Morgan fingerprint density at radius 1 is 1.06 bits per heavy atom. The number of hydrogen-bond acceptors (Lipinski definition) is 4. The van der Waals surface area contributed by atoms with Crippen LogP contribution in [0.1, 0.15) is 11.1 Å². The van der Waals surface area contributed by atoms with Crippen molar-refractivity contribution in [2.45, 2.75) is 18.5 Å². The summed E-state index contributed by atoms with van der Waals surface area (Å²) in [4.78, 5) is 15.0. The van der Waals surface area contributed by atoms with Crippen LogP contribution in [0.5, 0.6) is 17.2 Å². The molecule has 5 nitrogen and oxygen atoms in total. The van der Waals surface area contributed by atoms with E-state index < -0.39 is 35.6 Å². The van der Waals surface area contributed by atoms with Gasteiger partial charge in [0.25, 0.3) is 0 Å². The van der Waals surface area contributed by atoms with Crippen LogP contribution < -0.4 is 9.47 Å². The molecule has 0 bridgehead atoms. The number of carboxylic acid groups (broad SMARTS) is 1. The zero-order valence-electron chi connectivity index (χ0n) is 15.7. The highest BCUT2D eigenvalue weighted by molar-refractivity contribution is 5.95. The van der Waals surface area contributed by atoms with Gasteiger partial charge >= 0.3 is 18.3 Å². The summed E-state index contributed by atoms with van der Waals surface area (Å²) in [5.74, 6) is -2.10. The minimum absolute atomic E-state index is 0.00834. The number of hydrogen-bond donors (Lipinski definition) is 1. The molecule has 0 saturated heterocycles. The largest absolute Gasteiger partial charge is 0.478 e. The molecule has 1 aliphatic rings. The molecule has 0 spiro atoms. The van der Waals surface area contributed by atoms with Crippen molar-refractivity contribution >= 4 is 22.9 Å². The van der Waals surface area contributed by atoms with Crippen LogP contribution in [0.25, 0.3) is 17.0 Å². The molecule has 1 N–H and O–H groups in total. The van der Waals surface area contributed by atoms with Crippen molar-refractivity contribution in [2.75, 3.05) is 0 Å². The summed E-state index contributed by atoms with van der Waals surface area (Å²) >= 11 is 0. The molecule has 0 fully saturated rings. The topological polar surface area (TPSA) is 68.7 Å². The number of pyridine rings is 1. The van der Waals surface area contributed by atoms with Gasteiger partial charge in [-0.15, -0.1) is 0 Å². The molecule has 2 heterocycles. The van der Waals surface area contributed by atoms with Crippen LogP contribution in [0.4, 0.5) is 26.3 Å². The number of para-hydroxylation sites is 1. The number of rotatable bonds is 3. The Hall–Kier alpha value is -3.76. The van der Waals surface area contributed by atoms with Gasteiger partial charge in [-0.25, -0.2) is 4.79 Å². The maximum Gasteiger partial charge on any atom is 0.430 e. The Morgan fingerprint density at radius 3 is 2.47 bits per heavy atom. The van der Waals surface area contributed by atoms with Gasteiger partial charge in [-0.2, -0.15) is 26.3 Å². The number of ether oxygens (including phenoxy) is 2. The summed E-state index contributed by atoms with van der Waals surface area (Å²) in [6.07, 6.45) is -10.3. The summed E-state index contributed by atoms with van der Waals surface area (Å²) < 4.78 is 90.0. The first-order valence-corrected chi connectivity index (χ1v) is 8.90. The summed E-state index contributed by atoms with van der Waals surface area (Å²) in [5.41, 5.74) is -2.21. The van der Waals surface area contributed by atoms with Gasteiger partial charge in [0, 0.05) is 23.2 Å². The number of carboxylic acids is 1. The standard InChI is InChI=1S/C21H11F6NO4/c22-20(23,24)14-3-1-2-12-15(6-7-28-17(12)14)31-11-5-4-10-8-13(19(29)30)18(21(25,26)27)32-16(10)9-11/h1-9,18H,(H,29,30). The summed E-state index contributed by atoms with van der Waals surface area (Å²) in [6.45, 7) is 0. The molecule has 3 aromatic rings. The lowest BCUT2D eigenvalue weighted by atomic mass is 10.0. The van der Waals surface area contributed by atoms with Crippen molar-refractivity contribution in [3.8, 4) is 17.2 Å². The number of fused-ring (bicyclic) bond motifs is 2. The van der Waals surface area contributed by atoms with Crippen LogP contribution in [0.2, 0.25) is 0 Å². The average Bonchev–Trinajstić information content (AvgIpc) is 2.71. The van der Waals surface area contributed by atoms with E-state index in [9.17, 15) is 31.1 Å². The van der Waals surface area contributed by atoms with Crippen molar-refractivity contribution in [1.82, 2.24) is 4.98 Å². The van der Waals surface area contributed by atoms with Crippen molar-refractivity contribution in [2.24, 2.45) is 0 Å². The molecule has 0 amide bonds. The molecule has 1 aliphatic heterocycles. The minimum Gasteiger partial charge on any atom is -0.478 e. The van der Waals surface area contributed by atoms with E-state index in [4.69, 9.17) is 14.6 Å². The molecule has 0 saturated carbocycles. The molecule has 1 aromatic heterocycles. The van der Waals surface area contributed by atoms with Crippen LogP contribution in [-0.4, -0.2) is 28.3 Å². The van der Waals surface area contributed by atoms with Gasteiger partial charge in [0.15, 0.2) is 0 Å². The monoisotopic (exact) mass is 455 g/mol. The van der Waals surface area contributed by atoms with E-state index in [0.717, 1.165) is 24.4 Å². The Kier molecular flexibility index (Phi) is 4.99. The molecule has 32 heavy (non-hydrogen) atoms. The Labute approximate surface area is 175 Å². The normalized spacial score (nSPS) is 16.2. The second-order valence-electron chi connectivity index (χ2n) is 6.75. The predicted molar refractivity (Wildman–Crippen MR) is 99.3 cm³/mol. The van der Waals surface area contributed by atoms with Crippen molar-refractivity contribution in [3.63, 3.8) is 0 Å². The number of halogens is 6. The van der Waals surface area contributed by atoms with Gasteiger partial charge in [-0.3, -0.25) is 4.98 Å². The molecule has 0 aliphatic carbocycles. The number of nitrogens with zero attached hydrogens (tertiary/aromatic N) is 1. The first-order chi connectivity index (χ1) is 14.9. The number of alkyl halides is 6. The summed E-state index contributed by atoms with van der Waals surface area (Å²) in [5, 5.41) is 9.11. The highest BCUT2D eigenvalue weighted by Crippen LogP contribution is 2.41.